The van der Waals surface area contributed by atoms with Gasteiger partial charge < -0.3 is 4.90 Å². The van der Waals surface area contributed by atoms with Crippen LogP contribution in [0.5, 0.6) is 0 Å². The summed E-state index contributed by atoms with van der Waals surface area (Å²) in [5.41, 5.74) is 1.65. The first kappa shape index (κ1) is 12.2. The van der Waals surface area contributed by atoms with Gasteiger partial charge in [0.25, 0.3) is 6.43 Å². The fourth-order valence-electron chi connectivity index (χ4n) is 1.40. The molecule has 0 aliphatic heterocycles. The van der Waals surface area contributed by atoms with E-state index in [1.807, 2.05) is 6.92 Å². The summed E-state index contributed by atoms with van der Waals surface area (Å²) in [6.45, 7) is 1.96. The van der Waals surface area contributed by atoms with Gasteiger partial charge in [-0.3, -0.25) is 4.98 Å². The van der Waals surface area contributed by atoms with Crippen molar-refractivity contribution in [2.75, 3.05) is 23.9 Å². The molecular weight excluding hydrogens is 222 g/mol. The molecule has 0 aromatic carbocycles. The molecule has 1 rings (SSSR count). The van der Waals surface area contributed by atoms with E-state index in [0.29, 0.717) is 12.4 Å². The van der Waals surface area contributed by atoms with Gasteiger partial charge in [-0.15, -0.1) is 11.6 Å². The fraction of sp³-hybridized carbons (Fsp3) is 0.500. The SMILES string of the molecule is Cc1cnccc1N(CCCl)CC(F)F. The predicted octanol–water partition coefficient (Wildman–Crippen LogP) is 2.70. The summed E-state index contributed by atoms with van der Waals surface area (Å²) < 4.78 is 24.7. The molecule has 0 aliphatic carbocycles. The maximum atomic E-state index is 12.3. The molecule has 1 aromatic rings. The lowest BCUT2D eigenvalue weighted by molar-refractivity contribution is 0.155. The Morgan fingerprint density at radius 1 is 1.53 bits per heavy atom. The van der Waals surface area contributed by atoms with Crippen LogP contribution in [0.15, 0.2) is 18.5 Å². The molecule has 0 unspecified atom stereocenters. The second kappa shape index (κ2) is 5.85. The van der Waals surface area contributed by atoms with E-state index < -0.39 is 6.43 Å². The van der Waals surface area contributed by atoms with Gasteiger partial charge in [0, 0.05) is 30.5 Å². The Morgan fingerprint density at radius 2 is 2.27 bits per heavy atom. The standard InChI is InChI=1S/C10H13ClF2N2/c1-8-6-14-4-2-9(8)15(5-3-11)7-10(12)13/h2,4,6,10H,3,5,7H2,1H3. The molecule has 0 radical (unpaired) electrons. The molecular formula is C10H13ClF2N2. The van der Waals surface area contributed by atoms with Crippen molar-refractivity contribution >= 4 is 17.3 Å². The summed E-state index contributed by atoms with van der Waals surface area (Å²) in [7, 11) is 0. The van der Waals surface area contributed by atoms with E-state index in [4.69, 9.17) is 11.6 Å². The normalized spacial score (nSPS) is 10.7. The van der Waals surface area contributed by atoms with Gasteiger partial charge in [-0.25, -0.2) is 8.78 Å². The topological polar surface area (TPSA) is 16.1 Å². The molecule has 1 aromatic heterocycles. The molecule has 0 N–H and O–H groups in total. The molecule has 0 spiro atoms. The number of aryl methyl sites for hydroxylation is 1. The van der Waals surface area contributed by atoms with Crippen LogP contribution in [0.4, 0.5) is 14.5 Å². The molecule has 15 heavy (non-hydrogen) atoms. The Morgan fingerprint density at radius 3 is 2.80 bits per heavy atom. The van der Waals surface area contributed by atoms with Gasteiger partial charge in [-0.05, 0) is 18.6 Å². The third-order valence-corrected chi connectivity index (χ3v) is 2.21. The number of anilines is 1. The Bertz CT molecular complexity index is 307. The molecule has 0 saturated heterocycles. The van der Waals surface area contributed by atoms with Crippen molar-refractivity contribution in [3.8, 4) is 0 Å². The van der Waals surface area contributed by atoms with E-state index in [1.165, 1.54) is 0 Å². The highest BCUT2D eigenvalue weighted by Gasteiger charge is 2.13. The lowest BCUT2D eigenvalue weighted by atomic mass is 10.2. The van der Waals surface area contributed by atoms with Gasteiger partial charge in [0.2, 0.25) is 0 Å². The fourth-order valence-corrected chi connectivity index (χ4v) is 1.60. The highest BCUT2D eigenvalue weighted by molar-refractivity contribution is 6.18. The number of aromatic nitrogens is 1. The van der Waals surface area contributed by atoms with Gasteiger partial charge in [0.1, 0.15) is 0 Å². The van der Waals surface area contributed by atoms with Gasteiger partial charge in [-0.1, -0.05) is 0 Å². The van der Waals surface area contributed by atoms with E-state index in [9.17, 15) is 8.78 Å². The van der Waals surface area contributed by atoms with Gasteiger partial charge in [0.15, 0.2) is 0 Å². The average molecular weight is 235 g/mol. The lowest BCUT2D eigenvalue weighted by Gasteiger charge is -2.24. The van der Waals surface area contributed by atoms with Crippen molar-refractivity contribution in [1.29, 1.82) is 0 Å². The van der Waals surface area contributed by atoms with E-state index in [1.54, 1.807) is 23.4 Å². The Hall–Kier alpha value is -0.900. The van der Waals surface area contributed by atoms with Crippen LogP contribution in [0.3, 0.4) is 0 Å². The summed E-state index contributed by atoms with van der Waals surface area (Å²) in [6.07, 6.45) is 0.887. The van der Waals surface area contributed by atoms with Crippen LogP contribution < -0.4 is 4.90 Å². The molecule has 2 nitrogen and oxygen atoms in total. The number of alkyl halides is 3. The van der Waals surface area contributed by atoms with Crippen molar-refractivity contribution < 1.29 is 8.78 Å². The van der Waals surface area contributed by atoms with E-state index in [-0.39, 0.29) is 6.54 Å². The Balaban J connectivity index is 2.83. The highest BCUT2D eigenvalue weighted by Crippen LogP contribution is 2.19. The smallest absolute Gasteiger partial charge is 0.255 e. The summed E-state index contributed by atoms with van der Waals surface area (Å²) in [6, 6.07) is 1.73. The molecule has 0 aliphatic rings. The number of halogens is 3. The summed E-state index contributed by atoms with van der Waals surface area (Å²) in [5, 5.41) is 0. The Kier molecular flexibility index (Phi) is 4.75. The largest absolute Gasteiger partial charge is 0.364 e. The van der Waals surface area contributed by atoms with Crippen molar-refractivity contribution in [1.82, 2.24) is 4.98 Å². The van der Waals surface area contributed by atoms with Gasteiger partial charge >= 0.3 is 0 Å². The molecule has 0 fully saturated rings. The van der Waals surface area contributed by atoms with Gasteiger partial charge in [0.05, 0.1) is 6.54 Å². The first-order valence-corrected chi connectivity index (χ1v) is 5.18. The monoisotopic (exact) mass is 234 g/mol. The van der Waals surface area contributed by atoms with E-state index in [2.05, 4.69) is 4.98 Å². The molecule has 5 heteroatoms. The molecule has 0 saturated carbocycles. The van der Waals surface area contributed by atoms with Gasteiger partial charge in [-0.2, -0.15) is 0 Å². The Labute approximate surface area is 92.9 Å². The minimum Gasteiger partial charge on any atom is -0.364 e. The van der Waals surface area contributed by atoms with Crippen molar-refractivity contribution in [2.24, 2.45) is 0 Å². The van der Waals surface area contributed by atoms with Crippen molar-refractivity contribution in [3.63, 3.8) is 0 Å². The molecule has 0 bridgehead atoms. The van der Waals surface area contributed by atoms with Crippen LogP contribution in [0.1, 0.15) is 5.56 Å². The van der Waals surface area contributed by atoms with Crippen LogP contribution in [0.25, 0.3) is 0 Å². The van der Waals surface area contributed by atoms with Crippen LogP contribution in [0, 0.1) is 6.92 Å². The first-order chi connectivity index (χ1) is 7.15. The molecule has 1 heterocycles. The second-order valence-corrected chi connectivity index (χ2v) is 3.57. The summed E-state index contributed by atoms with van der Waals surface area (Å²) in [5.74, 6) is 0.328. The van der Waals surface area contributed by atoms with Crippen molar-refractivity contribution in [2.45, 2.75) is 13.3 Å². The second-order valence-electron chi connectivity index (χ2n) is 3.19. The van der Waals surface area contributed by atoms with Crippen LogP contribution in [0.2, 0.25) is 0 Å². The van der Waals surface area contributed by atoms with Crippen LogP contribution in [-0.2, 0) is 0 Å². The number of pyridine rings is 1. The number of hydrogen-bond acceptors (Lipinski definition) is 2. The predicted molar refractivity (Wildman–Crippen MR) is 57.9 cm³/mol. The molecule has 0 atom stereocenters. The zero-order valence-corrected chi connectivity index (χ0v) is 9.21. The quantitative estimate of drug-likeness (QED) is 0.729. The summed E-state index contributed by atoms with van der Waals surface area (Å²) in [4.78, 5) is 5.50. The minimum absolute atomic E-state index is 0.294. The lowest BCUT2D eigenvalue weighted by Crippen LogP contribution is -2.31. The third-order valence-electron chi connectivity index (χ3n) is 2.04. The van der Waals surface area contributed by atoms with Crippen LogP contribution in [-0.4, -0.2) is 30.4 Å². The maximum absolute atomic E-state index is 12.3. The first-order valence-electron chi connectivity index (χ1n) is 4.65. The molecule has 0 amide bonds. The zero-order valence-electron chi connectivity index (χ0n) is 8.46. The average Bonchev–Trinajstić information content (AvgIpc) is 2.17. The number of hydrogen-bond donors (Lipinski definition) is 0. The maximum Gasteiger partial charge on any atom is 0.255 e. The van der Waals surface area contributed by atoms with E-state index >= 15 is 0 Å². The molecule has 84 valence electrons. The van der Waals surface area contributed by atoms with E-state index in [0.717, 1.165) is 11.3 Å². The third kappa shape index (κ3) is 3.63. The van der Waals surface area contributed by atoms with Crippen molar-refractivity contribution in [3.05, 3.63) is 24.0 Å². The number of rotatable bonds is 5. The zero-order chi connectivity index (χ0) is 11.3. The highest BCUT2D eigenvalue weighted by atomic mass is 35.5. The minimum atomic E-state index is -2.36. The number of nitrogens with zero attached hydrogens (tertiary/aromatic N) is 2. The summed E-state index contributed by atoms with van der Waals surface area (Å²) >= 11 is 5.58. The van der Waals surface area contributed by atoms with Crippen LogP contribution >= 0.6 is 11.6 Å².